The maximum absolute atomic E-state index is 13.3. The molecule has 2 amide bonds. The number of nitrogens with one attached hydrogen (secondary N) is 2. The van der Waals surface area contributed by atoms with E-state index >= 15 is 0 Å². The lowest BCUT2D eigenvalue weighted by atomic mass is 10.0. The van der Waals surface area contributed by atoms with Crippen molar-refractivity contribution in [2.24, 2.45) is 0 Å². The standard InChI is InChI=1S/C26H28ClN3O3S/c1-30-13-11-18-5-6-20(16-19(18)12-14-30)28-25(31)22(15-17-3-7-21(33-2)8-4-17)29-26(32)23-9-10-24(27)34-23/h3-10,16,22H,11-15H2,1-2H3,(H,28,31)(H,29,32). The average Bonchev–Trinajstić information content (AvgIpc) is 3.19. The minimum Gasteiger partial charge on any atom is -0.497 e. The van der Waals surface area contributed by atoms with E-state index in [2.05, 4.69) is 34.7 Å². The van der Waals surface area contributed by atoms with Gasteiger partial charge >= 0.3 is 0 Å². The largest absolute Gasteiger partial charge is 0.497 e. The number of amides is 2. The fourth-order valence-electron chi connectivity index (χ4n) is 4.02. The lowest BCUT2D eigenvalue weighted by Gasteiger charge is -2.19. The van der Waals surface area contributed by atoms with Gasteiger partial charge in [-0.15, -0.1) is 11.3 Å². The van der Waals surface area contributed by atoms with Gasteiger partial charge < -0.3 is 20.3 Å². The second-order valence-corrected chi connectivity index (χ2v) is 10.2. The van der Waals surface area contributed by atoms with E-state index in [9.17, 15) is 9.59 Å². The SMILES string of the molecule is COc1ccc(CC(NC(=O)c2ccc(Cl)s2)C(=O)Nc2ccc3c(c2)CCN(C)CC3)cc1. The number of fused-ring (bicyclic) bond motifs is 1. The van der Waals surface area contributed by atoms with Crippen LogP contribution in [0.1, 0.15) is 26.4 Å². The van der Waals surface area contributed by atoms with Gasteiger partial charge in [-0.2, -0.15) is 0 Å². The van der Waals surface area contributed by atoms with Crippen molar-refractivity contribution in [2.45, 2.75) is 25.3 Å². The van der Waals surface area contributed by atoms with E-state index in [-0.39, 0.29) is 11.8 Å². The molecule has 1 aliphatic heterocycles. The number of anilines is 1. The molecule has 1 atom stereocenters. The number of thiophene rings is 1. The van der Waals surface area contributed by atoms with E-state index < -0.39 is 6.04 Å². The van der Waals surface area contributed by atoms with Crippen molar-refractivity contribution in [1.82, 2.24) is 10.2 Å². The summed E-state index contributed by atoms with van der Waals surface area (Å²) in [5.41, 5.74) is 4.23. The third-order valence-electron chi connectivity index (χ3n) is 6.02. The highest BCUT2D eigenvalue weighted by Gasteiger charge is 2.23. The molecule has 178 valence electrons. The minimum atomic E-state index is -0.758. The predicted octanol–water partition coefficient (Wildman–Crippen LogP) is 4.42. The Kier molecular flexibility index (Phi) is 7.88. The molecule has 1 unspecified atom stereocenters. The minimum absolute atomic E-state index is 0.266. The molecular weight excluding hydrogens is 470 g/mol. The van der Waals surface area contributed by atoms with Crippen molar-refractivity contribution in [3.8, 4) is 5.75 Å². The van der Waals surface area contributed by atoms with E-state index in [1.807, 2.05) is 30.3 Å². The van der Waals surface area contributed by atoms with Crippen LogP contribution in [0.15, 0.2) is 54.6 Å². The monoisotopic (exact) mass is 497 g/mol. The number of benzene rings is 2. The molecule has 0 spiro atoms. The summed E-state index contributed by atoms with van der Waals surface area (Å²) in [6.07, 6.45) is 2.29. The molecule has 34 heavy (non-hydrogen) atoms. The van der Waals surface area contributed by atoms with Crippen LogP contribution in [-0.4, -0.2) is 50.0 Å². The Morgan fingerprint density at radius 3 is 2.47 bits per heavy atom. The summed E-state index contributed by atoms with van der Waals surface area (Å²) >= 11 is 7.18. The van der Waals surface area contributed by atoms with Crippen LogP contribution >= 0.6 is 22.9 Å². The molecule has 3 aromatic rings. The number of ether oxygens (including phenoxy) is 1. The van der Waals surface area contributed by atoms with Gasteiger partial charge in [0.25, 0.3) is 5.91 Å². The Hall–Kier alpha value is -2.87. The molecule has 2 heterocycles. The van der Waals surface area contributed by atoms with Gasteiger partial charge in [0, 0.05) is 25.2 Å². The van der Waals surface area contributed by atoms with Crippen LogP contribution in [-0.2, 0) is 24.1 Å². The van der Waals surface area contributed by atoms with Crippen LogP contribution in [0.25, 0.3) is 0 Å². The zero-order valence-electron chi connectivity index (χ0n) is 19.3. The third-order valence-corrected chi connectivity index (χ3v) is 7.25. The molecule has 1 aromatic heterocycles. The molecule has 0 radical (unpaired) electrons. The Bertz CT molecular complexity index is 1160. The predicted molar refractivity (Wildman–Crippen MR) is 137 cm³/mol. The average molecular weight is 498 g/mol. The molecule has 1 aliphatic rings. The topological polar surface area (TPSA) is 70.7 Å². The van der Waals surface area contributed by atoms with Gasteiger partial charge in [0.2, 0.25) is 5.91 Å². The van der Waals surface area contributed by atoms with E-state index in [0.717, 1.165) is 42.9 Å². The fourth-order valence-corrected chi connectivity index (χ4v) is 4.96. The number of carbonyl (C=O) groups excluding carboxylic acids is 2. The molecule has 4 rings (SSSR count). The number of nitrogens with zero attached hydrogens (tertiary/aromatic N) is 1. The number of likely N-dealkylation sites (N-methyl/N-ethyl adjacent to an activating group) is 1. The Labute approximate surface area is 208 Å². The number of hydrogen-bond acceptors (Lipinski definition) is 5. The van der Waals surface area contributed by atoms with Gasteiger partial charge in [0.05, 0.1) is 16.3 Å². The van der Waals surface area contributed by atoms with Gasteiger partial charge in [-0.05, 0) is 73.0 Å². The second-order valence-electron chi connectivity index (χ2n) is 8.46. The lowest BCUT2D eigenvalue weighted by molar-refractivity contribution is -0.118. The zero-order valence-corrected chi connectivity index (χ0v) is 20.8. The van der Waals surface area contributed by atoms with Crippen LogP contribution in [0.4, 0.5) is 5.69 Å². The normalized spacial score (nSPS) is 14.6. The van der Waals surface area contributed by atoms with Crippen molar-refractivity contribution < 1.29 is 14.3 Å². The number of carbonyl (C=O) groups is 2. The number of methoxy groups -OCH3 is 1. The highest BCUT2D eigenvalue weighted by molar-refractivity contribution is 7.18. The van der Waals surface area contributed by atoms with Crippen molar-refractivity contribution in [3.63, 3.8) is 0 Å². The maximum Gasteiger partial charge on any atom is 0.262 e. The number of hydrogen-bond donors (Lipinski definition) is 2. The molecule has 0 bridgehead atoms. The van der Waals surface area contributed by atoms with E-state index in [1.165, 1.54) is 22.5 Å². The van der Waals surface area contributed by atoms with Crippen molar-refractivity contribution in [3.05, 3.63) is 80.5 Å². The summed E-state index contributed by atoms with van der Waals surface area (Å²) in [4.78, 5) is 28.9. The number of halogens is 1. The summed E-state index contributed by atoms with van der Waals surface area (Å²) in [5.74, 6) is 0.144. The number of rotatable bonds is 7. The van der Waals surface area contributed by atoms with E-state index in [0.29, 0.717) is 15.6 Å². The molecule has 0 aliphatic carbocycles. The van der Waals surface area contributed by atoms with Crippen LogP contribution < -0.4 is 15.4 Å². The Morgan fingerprint density at radius 1 is 1.06 bits per heavy atom. The van der Waals surface area contributed by atoms with Gasteiger partial charge in [-0.25, -0.2) is 0 Å². The first-order valence-electron chi connectivity index (χ1n) is 11.2. The molecule has 0 saturated heterocycles. The van der Waals surface area contributed by atoms with Crippen molar-refractivity contribution in [1.29, 1.82) is 0 Å². The Balaban J connectivity index is 1.52. The first-order valence-corrected chi connectivity index (χ1v) is 12.4. The molecule has 0 fully saturated rings. The molecule has 6 nitrogen and oxygen atoms in total. The molecular formula is C26H28ClN3O3S. The first kappa shape index (κ1) is 24.3. The van der Waals surface area contributed by atoms with Gasteiger partial charge in [-0.3, -0.25) is 9.59 Å². The van der Waals surface area contributed by atoms with Crippen LogP contribution in [0.3, 0.4) is 0 Å². The zero-order chi connectivity index (χ0) is 24.1. The maximum atomic E-state index is 13.3. The highest BCUT2D eigenvalue weighted by atomic mass is 35.5. The smallest absolute Gasteiger partial charge is 0.262 e. The molecule has 2 aromatic carbocycles. The summed E-state index contributed by atoms with van der Waals surface area (Å²) in [5, 5.41) is 5.90. The third kappa shape index (κ3) is 6.17. The Morgan fingerprint density at radius 2 is 1.79 bits per heavy atom. The first-order chi connectivity index (χ1) is 16.4. The summed E-state index contributed by atoms with van der Waals surface area (Å²) in [6, 6.07) is 16.1. The fraction of sp³-hybridized carbons (Fsp3) is 0.308. The molecule has 2 N–H and O–H groups in total. The van der Waals surface area contributed by atoms with Crippen LogP contribution in [0.5, 0.6) is 5.75 Å². The summed E-state index contributed by atoms with van der Waals surface area (Å²) in [7, 11) is 3.73. The van der Waals surface area contributed by atoms with Gasteiger partial charge in [0.1, 0.15) is 11.8 Å². The summed E-state index contributed by atoms with van der Waals surface area (Å²) in [6.45, 7) is 2.02. The summed E-state index contributed by atoms with van der Waals surface area (Å²) < 4.78 is 5.75. The van der Waals surface area contributed by atoms with Crippen molar-refractivity contribution >= 4 is 40.4 Å². The van der Waals surface area contributed by atoms with Gasteiger partial charge in [-0.1, -0.05) is 29.8 Å². The quantitative estimate of drug-likeness (QED) is 0.507. The van der Waals surface area contributed by atoms with Crippen LogP contribution in [0.2, 0.25) is 4.34 Å². The van der Waals surface area contributed by atoms with Gasteiger partial charge in [0.15, 0.2) is 0 Å². The highest BCUT2D eigenvalue weighted by Crippen LogP contribution is 2.23. The van der Waals surface area contributed by atoms with E-state index in [1.54, 1.807) is 19.2 Å². The second kappa shape index (κ2) is 11.0. The molecule has 8 heteroatoms. The van der Waals surface area contributed by atoms with Crippen LogP contribution in [0, 0.1) is 0 Å². The lowest BCUT2D eigenvalue weighted by Crippen LogP contribution is -2.45. The van der Waals surface area contributed by atoms with Crippen molar-refractivity contribution in [2.75, 3.05) is 32.6 Å². The van der Waals surface area contributed by atoms with E-state index in [4.69, 9.17) is 16.3 Å². The molecule has 0 saturated carbocycles.